The summed E-state index contributed by atoms with van der Waals surface area (Å²) in [5.74, 6) is 0.762. The Morgan fingerprint density at radius 2 is 1.68 bits per heavy atom. The first-order valence-corrected chi connectivity index (χ1v) is 13.1. The number of nitrogens with one attached hydrogen (secondary N) is 1. The molecule has 5 rings (SSSR count). The number of ether oxygens (including phenoxy) is 1. The molecule has 1 fully saturated rings. The van der Waals surface area contributed by atoms with Gasteiger partial charge >= 0.3 is 12.0 Å². The van der Waals surface area contributed by atoms with Gasteiger partial charge in [0, 0.05) is 12.1 Å². The molecule has 3 aromatic carbocycles. The molecule has 3 aromatic rings. The smallest absolute Gasteiger partial charge is 0.326 e. The number of hydrogen-bond donors (Lipinski definition) is 2. The van der Waals surface area contributed by atoms with E-state index in [1.807, 2.05) is 30.3 Å². The van der Waals surface area contributed by atoms with Crippen molar-refractivity contribution in [3.8, 4) is 22.9 Å². The molecule has 1 aliphatic carbocycles. The molecule has 2 N–H and O–H groups in total. The number of urea groups is 1. The molecule has 0 bridgehead atoms. The van der Waals surface area contributed by atoms with Gasteiger partial charge in [-0.3, -0.25) is 9.69 Å². The molecular weight excluding hydrogens is 478 g/mol. The van der Waals surface area contributed by atoms with Gasteiger partial charge in [0.05, 0.1) is 24.7 Å². The number of amides is 2. The Labute approximate surface area is 222 Å². The van der Waals surface area contributed by atoms with Crippen molar-refractivity contribution in [1.82, 2.24) is 0 Å². The van der Waals surface area contributed by atoms with Crippen LogP contribution in [0.2, 0.25) is 0 Å². The van der Waals surface area contributed by atoms with Crippen molar-refractivity contribution in [3.05, 3.63) is 77.9 Å². The summed E-state index contributed by atoms with van der Waals surface area (Å²) < 4.78 is 5.92. The summed E-state index contributed by atoms with van der Waals surface area (Å²) in [4.78, 5) is 25.7. The van der Waals surface area contributed by atoms with Gasteiger partial charge in [-0.15, -0.1) is 0 Å². The van der Waals surface area contributed by atoms with Crippen molar-refractivity contribution in [2.45, 2.75) is 44.4 Å². The Morgan fingerprint density at radius 1 is 0.974 bits per heavy atom. The Kier molecular flexibility index (Phi) is 7.60. The predicted molar refractivity (Wildman–Crippen MR) is 146 cm³/mol. The van der Waals surface area contributed by atoms with Crippen LogP contribution in [0, 0.1) is 17.2 Å². The van der Waals surface area contributed by atoms with Crippen molar-refractivity contribution in [2.24, 2.45) is 5.92 Å². The van der Waals surface area contributed by atoms with E-state index < -0.39 is 5.97 Å². The third-order valence-corrected chi connectivity index (χ3v) is 7.58. The summed E-state index contributed by atoms with van der Waals surface area (Å²) in [6.45, 7) is 0.864. The first-order chi connectivity index (χ1) is 18.5. The van der Waals surface area contributed by atoms with Gasteiger partial charge in [0.1, 0.15) is 12.4 Å². The molecular formula is C31H31N3O4. The first kappa shape index (κ1) is 25.3. The van der Waals surface area contributed by atoms with Crippen LogP contribution in [0.5, 0.6) is 5.75 Å². The van der Waals surface area contributed by atoms with Crippen LogP contribution in [0.25, 0.3) is 11.1 Å². The molecule has 0 saturated heterocycles. The van der Waals surface area contributed by atoms with Crippen molar-refractivity contribution in [1.29, 1.82) is 5.26 Å². The van der Waals surface area contributed by atoms with E-state index in [2.05, 4.69) is 35.7 Å². The van der Waals surface area contributed by atoms with Gasteiger partial charge in [0.15, 0.2) is 0 Å². The summed E-state index contributed by atoms with van der Waals surface area (Å²) >= 11 is 0. The SMILES string of the molecule is N#CCc1ccc(NC(=O)N2CCOc3cc(-c4ccc([C@H]5CC[C@H](CC(=O)O)CC5)cc4)ccc32)cc1. The lowest BCUT2D eigenvalue weighted by Gasteiger charge is -2.30. The second-order valence-electron chi connectivity index (χ2n) is 10.1. The molecule has 0 aromatic heterocycles. The van der Waals surface area contributed by atoms with Gasteiger partial charge in [0.2, 0.25) is 0 Å². The highest BCUT2D eigenvalue weighted by Gasteiger charge is 2.25. The lowest BCUT2D eigenvalue weighted by atomic mass is 9.77. The van der Waals surface area contributed by atoms with E-state index in [0.29, 0.717) is 42.8 Å². The average Bonchev–Trinajstić information content (AvgIpc) is 2.94. The van der Waals surface area contributed by atoms with Crippen molar-refractivity contribution >= 4 is 23.4 Å². The minimum absolute atomic E-state index is 0.224. The number of nitrogens with zero attached hydrogens (tertiary/aromatic N) is 2. The topological polar surface area (TPSA) is 103 Å². The highest BCUT2D eigenvalue weighted by molar-refractivity contribution is 6.03. The van der Waals surface area contributed by atoms with Crippen molar-refractivity contribution < 1.29 is 19.4 Å². The third-order valence-electron chi connectivity index (χ3n) is 7.58. The van der Waals surface area contributed by atoms with Crippen molar-refractivity contribution in [3.63, 3.8) is 0 Å². The summed E-state index contributed by atoms with van der Waals surface area (Å²) in [5.41, 5.74) is 5.73. The molecule has 1 saturated carbocycles. The quantitative estimate of drug-likeness (QED) is 0.390. The number of anilines is 2. The molecule has 0 radical (unpaired) electrons. The minimum Gasteiger partial charge on any atom is -0.490 e. The molecule has 1 aliphatic heterocycles. The number of fused-ring (bicyclic) bond motifs is 1. The molecule has 0 spiro atoms. The Morgan fingerprint density at radius 3 is 2.37 bits per heavy atom. The van der Waals surface area contributed by atoms with Crippen LogP contribution in [0.15, 0.2) is 66.7 Å². The normalized spacial score (nSPS) is 18.6. The molecule has 2 amide bonds. The number of aliphatic carboxylic acids is 1. The van der Waals surface area contributed by atoms with E-state index in [4.69, 9.17) is 15.1 Å². The fourth-order valence-corrected chi connectivity index (χ4v) is 5.49. The molecule has 0 unspecified atom stereocenters. The number of rotatable bonds is 6. The number of hydrogen-bond acceptors (Lipinski definition) is 4. The number of carboxylic acid groups (broad SMARTS) is 1. The van der Waals surface area contributed by atoms with E-state index in [0.717, 1.165) is 48.1 Å². The van der Waals surface area contributed by atoms with E-state index in [9.17, 15) is 9.59 Å². The lowest BCUT2D eigenvalue weighted by Crippen LogP contribution is -2.40. The molecule has 38 heavy (non-hydrogen) atoms. The van der Waals surface area contributed by atoms with Crippen LogP contribution in [0.1, 0.15) is 49.1 Å². The van der Waals surface area contributed by atoms with Crippen LogP contribution in [0.4, 0.5) is 16.2 Å². The fourth-order valence-electron chi connectivity index (χ4n) is 5.49. The maximum absolute atomic E-state index is 13.0. The largest absolute Gasteiger partial charge is 0.490 e. The van der Waals surface area contributed by atoms with Gasteiger partial charge in [-0.05, 0) is 84.0 Å². The van der Waals surface area contributed by atoms with E-state index >= 15 is 0 Å². The van der Waals surface area contributed by atoms with Gasteiger partial charge < -0.3 is 15.2 Å². The Hall–Kier alpha value is -4.31. The van der Waals surface area contributed by atoms with Crippen LogP contribution >= 0.6 is 0 Å². The average molecular weight is 510 g/mol. The van der Waals surface area contributed by atoms with Crippen LogP contribution in [-0.2, 0) is 11.2 Å². The summed E-state index contributed by atoms with van der Waals surface area (Å²) in [7, 11) is 0. The standard InChI is InChI=1S/C31H31N3O4/c32-16-15-21-3-12-27(13-4-21)33-31(37)34-17-18-38-29-20-26(11-14-28(29)34)25-9-7-24(8-10-25)23-5-1-22(2-6-23)19-30(35)36/h3-4,7-14,20,22-23H,1-2,5-6,15,17-19H2,(H,33,37)(H,35,36)/t22-,23-. The lowest BCUT2D eigenvalue weighted by molar-refractivity contribution is -0.138. The molecule has 7 nitrogen and oxygen atoms in total. The van der Waals surface area contributed by atoms with Crippen LogP contribution < -0.4 is 15.0 Å². The minimum atomic E-state index is -0.696. The zero-order chi connectivity index (χ0) is 26.5. The zero-order valence-corrected chi connectivity index (χ0v) is 21.2. The Bertz CT molecular complexity index is 1340. The summed E-state index contributed by atoms with van der Waals surface area (Å²) in [6.07, 6.45) is 4.63. The maximum Gasteiger partial charge on any atom is 0.326 e. The van der Waals surface area contributed by atoms with Crippen LogP contribution in [0.3, 0.4) is 0 Å². The fraction of sp³-hybridized carbons (Fsp3) is 0.323. The highest BCUT2D eigenvalue weighted by Crippen LogP contribution is 2.39. The van der Waals surface area contributed by atoms with E-state index in [-0.39, 0.29) is 12.5 Å². The zero-order valence-electron chi connectivity index (χ0n) is 21.2. The number of carboxylic acids is 1. The number of nitriles is 1. The monoisotopic (exact) mass is 509 g/mol. The highest BCUT2D eigenvalue weighted by atomic mass is 16.5. The predicted octanol–water partition coefficient (Wildman–Crippen LogP) is 6.60. The van der Waals surface area contributed by atoms with Gasteiger partial charge in [0.25, 0.3) is 0 Å². The van der Waals surface area contributed by atoms with Crippen molar-refractivity contribution in [2.75, 3.05) is 23.4 Å². The molecule has 7 heteroatoms. The summed E-state index contributed by atoms with van der Waals surface area (Å²) in [5, 5.41) is 20.8. The second-order valence-corrected chi connectivity index (χ2v) is 10.1. The number of carbonyl (C=O) groups is 2. The number of benzene rings is 3. The number of carbonyl (C=O) groups excluding carboxylic acids is 1. The first-order valence-electron chi connectivity index (χ1n) is 13.1. The maximum atomic E-state index is 13.0. The third kappa shape index (κ3) is 5.81. The molecule has 194 valence electrons. The Balaban J connectivity index is 1.25. The second kappa shape index (κ2) is 11.4. The molecule has 2 aliphatic rings. The van der Waals surface area contributed by atoms with E-state index in [1.54, 1.807) is 17.0 Å². The van der Waals surface area contributed by atoms with Gasteiger partial charge in [-0.1, -0.05) is 42.5 Å². The van der Waals surface area contributed by atoms with E-state index in [1.165, 1.54) is 5.56 Å². The van der Waals surface area contributed by atoms with Gasteiger partial charge in [-0.25, -0.2) is 4.79 Å². The summed E-state index contributed by atoms with van der Waals surface area (Å²) in [6, 6.07) is 23.7. The molecule has 0 atom stereocenters. The van der Waals surface area contributed by atoms with Crippen LogP contribution in [-0.4, -0.2) is 30.3 Å². The van der Waals surface area contributed by atoms with Gasteiger partial charge in [-0.2, -0.15) is 5.26 Å². The molecule has 1 heterocycles.